The molecule has 1 atom stereocenters. The molecule has 1 aromatic carbocycles. The second kappa shape index (κ2) is 10.0. The first-order chi connectivity index (χ1) is 12.5. The van der Waals surface area contributed by atoms with E-state index < -0.39 is 12.0 Å². The van der Waals surface area contributed by atoms with Crippen molar-refractivity contribution < 1.29 is 14.7 Å². The summed E-state index contributed by atoms with van der Waals surface area (Å²) in [5.41, 5.74) is 2.94. The SMILES string of the molecule is CCCCCN[C@@H](CC(=O)Nc1nc(-c2ccc(C)cc2)cs1)C(=O)O. The molecule has 0 bridgehead atoms. The molecule has 2 rings (SSSR count). The van der Waals surface area contributed by atoms with Crippen molar-refractivity contribution >= 4 is 28.3 Å². The van der Waals surface area contributed by atoms with E-state index in [0.717, 1.165) is 30.5 Å². The molecule has 1 amide bonds. The largest absolute Gasteiger partial charge is 0.480 e. The second-order valence-electron chi connectivity index (χ2n) is 6.21. The molecule has 26 heavy (non-hydrogen) atoms. The first-order valence-electron chi connectivity index (χ1n) is 8.78. The molecule has 0 saturated carbocycles. The number of aryl methyl sites for hydroxylation is 1. The van der Waals surface area contributed by atoms with Gasteiger partial charge in [0.25, 0.3) is 0 Å². The maximum absolute atomic E-state index is 12.2. The number of rotatable bonds is 10. The molecule has 0 fully saturated rings. The van der Waals surface area contributed by atoms with E-state index in [2.05, 4.69) is 22.5 Å². The van der Waals surface area contributed by atoms with E-state index in [1.807, 2.05) is 36.6 Å². The number of carbonyl (C=O) groups excluding carboxylic acids is 1. The number of carboxylic acids is 1. The summed E-state index contributed by atoms with van der Waals surface area (Å²) in [5, 5.41) is 17.2. The third kappa shape index (κ3) is 6.24. The van der Waals surface area contributed by atoms with Crippen LogP contribution in [0, 0.1) is 6.92 Å². The van der Waals surface area contributed by atoms with Crippen LogP contribution in [0.1, 0.15) is 38.2 Å². The van der Waals surface area contributed by atoms with Gasteiger partial charge in [0.05, 0.1) is 12.1 Å². The highest BCUT2D eigenvalue weighted by atomic mass is 32.1. The number of benzene rings is 1. The second-order valence-corrected chi connectivity index (χ2v) is 7.07. The minimum absolute atomic E-state index is 0.124. The fourth-order valence-electron chi connectivity index (χ4n) is 2.44. The molecule has 0 saturated heterocycles. The molecule has 0 radical (unpaired) electrons. The van der Waals surface area contributed by atoms with Gasteiger partial charge in [0.15, 0.2) is 5.13 Å². The fraction of sp³-hybridized carbons (Fsp3) is 0.421. The number of nitrogens with zero attached hydrogens (tertiary/aromatic N) is 1. The summed E-state index contributed by atoms with van der Waals surface area (Å²) in [5.74, 6) is -1.37. The summed E-state index contributed by atoms with van der Waals surface area (Å²) in [7, 11) is 0. The maximum atomic E-state index is 12.2. The Labute approximate surface area is 157 Å². The zero-order valence-electron chi connectivity index (χ0n) is 15.1. The van der Waals surface area contributed by atoms with Crippen molar-refractivity contribution in [2.45, 2.75) is 45.6 Å². The van der Waals surface area contributed by atoms with Gasteiger partial charge < -0.3 is 15.7 Å². The average Bonchev–Trinajstić information content (AvgIpc) is 3.06. The first-order valence-corrected chi connectivity index (χ1v) is 9.66. The van der Waals surface area contributed by atoms with E-state index in [9.17, 15) is 14.7 Å². The Bertz CT molecular complexity index is 728. The molecule has 1 heterocycles. The highest BCUT2D eigenvalue weighted by Crippen LogP contribution is 2.25. The van der Waals surface area contributed by atoms with Gasteiger partial charge in [-0.15, -0.1) is 11.3 Å². The number of hydrogen-bond acceptors (Lipinski definition) is 5. The fourth-order valence-corrected chi connectivity index (χ4v) is 3.18. The molecule has 0 unspecified atom stereocenters. The molecule has 3 N–H and O–H groups in total. The lowest BCUT2D eigenvalue weighted by atomic mass is 10.1. The molecule has 0 aliphatic rings. The zero-order valence-corrected chi connectivity index (χ0v) is 15.9. The standard InChI is InChI=1S/C19H25N3O3S/c1-3-4-5-10-20-15(18(24)25)11-17(23)22-19-21-16(12-26-19)14-8-6-13(2)7-9-14/h6-9,12,15,20H,3-5,10-11H2,1-2H3,(H,24,25)(H,21,22,23)/t15-/m0/s1. The van der Waals surface area contributed by atoms with Gasteiger partial charge in [0.2, 0.25) is 5.91 Å². The van der Waals surface area contributed by atoms with Crippen molar-refractivity contribution in [3.8, 4) is 11.3 Å². The number of amides is 1. The van der Waals surface area contributed by atoms with Crippen molar-refractivity contribution in [3.63, 3.8) is 0 Å². The van der Waals surface area contributed by atoms with Crippen molar-refractivity contribution in [2.24, 2.45) is 0 Å². The predicted octanol–water partition coefficient (Wildman–Crippen LogP) is 3.68. The van der Waals surface area contributed by atoms with Gasteiger partial charge in [0, 0.05) is 10.9 Å². The Morgan fingerprint density at radius 1 is 1.23 bits per heavy atom. The molecule has 1 aromatic heterocycles. The minimum Gasteiger partial charge on any atom is -0.480 e. The predicted molar refractivity (Wildman–Crippen MR) is 104 cm³/mol. The molecule has 2 aromatic rings. The average molecular weight is 375 g/mol. The van der Waals surface area contributed by atoms with Crippen LogP contribution in [-0.4, -0.2) is 34.6 Å². The third-order valence-electron chi connectivity index (χ3n) is 3.96. The van der Waals surface area contributed by atoms with Crippen LogP contribution in [-0.2, 0) is 9.59 Å². The smallest absolute Gasteiger partial charge is 0.321 e. The van der Waals surface area contributed by atoms with Crippen LogP contribution in [0.5, 0.6) is 0 Å². The monoisotopic (exact) mass is 375 g/mol. The molecule has 6 nitrogen and oxygen atoms in total. The highest BCUT2D eigenvalue weighted by molar-refractivity contribution is 7.14. The minimum atomic E-state index is -1.02. The van der Waals surface area contributed by atoms with Gasteiger partial charge in [-0.1, -0.05) is 49.6 Å². The lowest BCUT2D eigenvalue weighted by molar-refractivity contribution is -0.141. The van der Waals surface area contributed by atoms with Crippen molar-refractivity contribution in [1.29, 1.82) is 0 Å². The summed E-state index contributed by atoms with van der Waals surface area (Å²) in [6, 6.07) is 7.10. The van der Waals surface area contributed by atoms with Crippen LogP contribution in [0.4, 0.5) is 5.13 Å². The molecule has 0 aliphatic carbocycles. The Hall–Kier alpha value is -2.25. The summed E-state index contributed by atoms with van der Waals surface area (Å²) in [6.07, 6.45) is 2.87. The van der Waals surface area contributed by atoms with Crippen LogP contribution >= 0.6 is 11.3 Å². The number of anilines is 1. The Morgan fingerprint density at radius 3 is 2.62 bits per heavy atom. The van der Waals surface area contributed by atoms with Gasteiger partial charge >= 0.3 is 5.97 Å². The van der Waals surface area contributed by atoms with E-state index in [1.165, 1.54) is 16.9 Å². The molecule has 0 aliphatic heterocycles. The zero-order chi connectivity index (χ0) is 18.9. The van der Waals surface area contributed by atoms with Crippen LogP contribution < -0.4 is 10.6 Å². The number of hydrogen-bond donors (Lipinski definition) is 3. The normalized spacial score (nSPS) is 11.9. The topological polar surface area (TPSA) is 91.3 Å². The summed E-state index contributed by atoms with van der Waals surface area (Å²) >= 11 is 1.33. The van der Waals surface area contributed by atoms with Crippen molar-refractivity contribution in [2.75, 3.05) is 11.9 Å². The van der Waals surface area contributed by atoms with Gasteiger partial charge in [-0.05, 0) is 19.9 Å². The van der Waals surface area contributed by atoms with Gasteiger partial charge in [-0.25, -0.2) is 4.98 Å². The first kappa shape index (κ1) is 20.1. The summed E-state index contributed by atoms with van der Waals surface area (Å²) < 4.78 is 0. The van der Waals surface area contributed by atoms with E-state index in [4.69, 9.17) is 0 Å². The van der Waals surface area contributed by atoms with Crippen LogP contribution in [0.25, 0.3) is 11.3 Å². The number of aliphatic carboxylic acids is 1. The van der Waals surface area contributed by atoms with E-state index in [-0.39, 0.29) is 12.3 Å². The van der Waals surface area contributed by atoms with Gasteiger partial charge in [-0.3, -0.25) is 9.59 Å². The Balaban J connectivity index is 1.90. The van der Waals surface area contributed by atoms with Gasteiger partial charge in [0.1, 0.15) is 6.04 Å². The Morgan fingerprint density at radius 2 is 1.96 bits per heavy atom. The third-order valence-corrected chi connectivity index (χ3v) is 4.71. The number of aromatic nitrogens is 1. The van der Waals surface area contributed by atoms with Gasteiger partial charge in [-0.2, -0.15) is 0 Å². The van der Waals surface area contributed by atoms with Crippen LogP contribution in [0.2, 0.25) is 0 Å². The molecule has 0 spiro atoms. The molecule has 140 valence electrons. The molecular weight excluding hydrogens is 350 g/mol. The lowest BCUT2D eigenvalue weighted by Crippen LogP contribution is -2.40. The van der Waals surface area contributed by atoms with E-state index >= 15 is 0 Å². The number of unbranched alkanes of at least 4 members (excludes halogenated alkanes) is 2. The Kier molecular flexibility index (Phi) is 7.74. The van der Waals surface area contributed by atoms with Crippen LogP contribution in [0.15, 0.2) is 29.6 Å². The van der Waals surface area contributed by atoms with Crippen LogP contribution in [0.3, 0.4) is 0 Å². The molecule has 7 heteroatoms. The van der Waals surface area contributed by atoms with E-state index in [0.29, 0.717) is 11.7 Å². The quantitative estimate of drug-likeness (QED) is 0.551. The lowest BCUT2D eigenvalue weighted by Gasteiger charge is -2.13. The number of carboxylic acid groups (broad SMARTS) is 1. The summed E-state index contributed by atoms with van der Waals surface area (Å²) in [6.45, 7) is 4.69. The summed E-state index contributed by atoms with van der Waals surface area (Å²) in [4.78, 5) is 27.9. The van der Waals surface area contributed by atoms with Crippen molar-refractivity contribution in [1.82, 2.24) is 10.3 Å². The highest BCUT2D eigenvalue weighted by Gasteiger charge is 2.21. The number of carbonyl (C=O) groups is 2. The maximum Gasteiger partial charge on any atom is 0.321 e. The van der Waals surface area contributed by atoms with E-state index in [1.54, 1.807) is 0 Å². The number of nitrogens with one attached hydrogen (secondary N) is 2. The molecular formula is C19H25N3O3S. The number of thiazole rings is 1. The van der Waals surface area contributed by atoms with Crippen molar-refractivity contribution in [3.05, 3.63) is 35.2 Å².